The number of hydrogen-bond acceptors (Lipinski definition) is 4. The Bertz CT molecular complexity index is 460. The highest BCUT2D eigenvalue weighted by Gasteiger charge is 2.23. The zero-order chi connectivity index (χ0) is 13.0. The zero-order valence-corrected chi connectivity index (χ0v) is 9.93. The van der Waals surface area contributed by atoms with Crippen molar-refractivity contribution in [2.45, 2.75) is 12.5 Å². The van der Waals surface area contributed by atoms with Crippen molar-refractivity contribution >= 4 is 11.8 Å². The Hall–Kier alpha value is -1.94. The summed E-state index contributed by atoms with van der Waals surface area (Å²) in [5, 5.41) is 0. The maximum absolute atomic E-state index is 11.9. The van der Waals surface area contributed by atoms with E-state index in [2.05, 4.69) is 6.58 Å². The smallest absolute Gasteiger partial charge is 0.341 e. The Morgan fingerprint density at radius 3 is 2.61 bits per heavy atom. The third-order valence-electron chi connectivity index (χ3n) is 2.63. The Kier molecular flexibility index (Phi) is 3.89. The van der Waals surface area contributed by atoms with Gasteiger partial charge in [0.2, 0.25) is 0 Å². The van der Waals surface area contributed by atoms with Crippen LogP contribution in [0.25, 0.3) is 0 Å². The normalized spacial score (nSPS) is 17.0. The predicted octanol–water partition coefficient (Wildman–Crippen LogP) is 1.76. The van der Waals surface area contributed by atoms with E-state index in [4.69, 9.17) is 9.47 Å². The minimum atomic E-state index is -0.662. The van der Waals surface area contributed by atoms with E-state index in [-0.39, 0.29) is 18.3 Å². The number of esters is 1. The summed E-state index contributed by atoms with van der Waals surface area (Å²) in [6.45, 7) is 4.47. The molecular weight excluding hydrogens is 232 g/mol. The molecule has 1 unspecified atom stereocenters. The van der Waals surface area contributed by atoms with E-state index in [1.165, 1.54) is 0 Å². The van der Waals surface area contributed by atoms with Crippen molar-refractivity contribution in [1.82, 2.24) is 0 Å². The molecule has 0 spiro atoms. The van der Waals surface area contributed by atoms with E-state index in [0.717, 1.165) is 6.61 Å². The van der Waals surface area contributed by atoms with E-state index in [0.29, 0.717) is 12.0 Å². The van der Waals surface area contributed by atoms with E-state index < -0.39 is 11.8 Å². The number of Topliss-reactive ketones (excluding diaryl/α,β-unsaturated/α-hetero) is 1. The summed E-state index contributed by atoms with van der Waals surface area (Å²) in [4.78, 5) is 23.4. The zero-order valence-electron chi connectivity index (χ0n) is 9.93. The Balaban J connectivity index is 1.85. The van der Waals surface area contributed by atoms with Crippen molar-refractivity contribution in [2.24, 2.45) is 0 Å². The van der Waals surface area contributed by atoms with Crippen LogP contribution in [-0.2, 0) is 14.3 Å². The highest BCUT2D eigenvalue weighted by Crippen LogP contribution is 2.14. The van der Waals surface area contributed by atoms with Gasteiger partial charge in [-0.2, -0.15) is 0 Å². The molecule has 0 aromatic heterocycles. The first-order chi connectivity index (χ1) is 8.68. The Morgan fingerprint density at radius 1 is 1.33 bits per heavy atom. The minimum Gasteiger partial charge on any atom is -0.462 e. The van der Waals surface area contributed by atoms with Crippen LogP contribution in [0.1, 0.15) is 16.8 Å². The van der Waals surface area contributed by atoms with Gasteiger partial charge in [0.25, 0.3) is 0 Å². The molecule has 0 radical (unpaired) electrons. The summed E-state index contributed by atoms with van der Waals surface area (Å²) >= 11 is 0. The second kappa shape index (κ2) is 5.60. The topological polar surface area (TPSA) is 55.9 Å². The van der Waals surface area contributed by atoms with Crippen molar-refractivity contribution in [3.63, 3.8) is 0 Å². The molecule has 1 atom stereocenters. The van der Waals surface area contributed by atoms with Gasteiger partial charge in [0.15, 0.2) is 5.78 Å². The second-order valence-corrected chi connectivity index (χ2v) is 4.05. The van der Waals surface area contributed by atoms with Gasteiger partial charge in [-0.25, -0.2) is 4.79 Å². The molecule has 1 aliphatic rings. The van der Waals surface area contributed by atoms with Crippen molar-refractivity contribution in [3.05, 3.63) is 48.0 Å². The molecule has 0 N–H and O–H groups in total. The number of benzene rings is 1. The molecule has 0 amide bonds. The third-order valence-corrected chi connectivity index (χ3v) is 2.63. The summed E-state index contributed by atoms with van der Waals surface area (Å²) in [7, 11) is 0. The molecule has 1 aromatic carbocycles. The summed E-state index contributed by atoms with van der Waals surface area (Å²) in [5.74, 6) is -1.06. The Labute approximate surface area is 105 Å². The second-order valence-electron chi connectivity index (χ2n) is 4.05. The van der Waals surface area contributed by atoms with Crippen LogP contribution in [0, 0.1) is 0 Å². The van der Waals surface area contributed by atoms with Crippen LogP contribution in [0.15, 0.2) is 42.5 Å². The highest BCUT2D eigenvalue weighted by atomic mass is 16.6. The molecule has 1 aromatic rings. The number of ketones is 1. The number of ether oxygens (including phenoxy) is 2. The van der Waals surface area contributed by atoms with Gasteiger partial charge in [-0.3, -0.25) is 4.79 Å². The van der Waals surface area contributed by atoms with Crippen LogP contribution in [0.4, 0.5) is 0 Å². The van der Waals surface area contributed by atoms with Crippen molar-refractivity contribution in [2.75, 3.05) is 13.2 Å². The van der Waals surface area contributed by atoms with Crippen molar-refractivity contribution in [3.8, 4) is 0 Å². The highest BCUT2D eigenvalue weighted by molar-refractivity contribution is 6.23. The van der Waals surface area contributed by atoms with Crippen LogP contribution in [0.2, 0.25) is 0 Å². The first-order valence-corrected chi connectivity index (χ1v) is 5.76. The monoisotopic (exact) mass is 246 g/mol. The number of hydrogen-bond donors (Lipinski definition) is 0. The molecule has 4 nitrogen and oxygen atoms in total. The molecule has 0 bridgehead atoms. The number of carbonyl (C=O) groups excluding carboxylic acids is 2. The largest absolute Gasteiger partial charge is 0.462 e. The lowest BCUT2D eigenvalue weighted by atomic mass is 10.1. The van der Waals surface area contributed by atoms with Crippen LogP contribution >= 0.6 is 0 Å². The van der Waals surface area contributed by atoms with Crippen molar-refractivity contribution < 1.29 is 19.1 Å². The fourth-order valence-electron chi connectivity index (χ4n) is 1.46. The molecule has 4 heteroatoms. The molecule has 2 rings (SSSR count). The van der Waals surface area contributed by atoms with Gasteiger partial charge in [0, 0.05) is 12.0 Å². The van der Waals surface area contributed by atoms with E-state index in [1.54, 1.807) is 30.3 Å². The number of carbonyl (C=O) groups is 2. The molecule has 1 heterocycles. The van der Waals surface area contributed by atoms with Gasteiger partial charge in [0.1, 0.15) is 5.57 Å². The molecule has 94 valence electrons. The quantitative estimate of drug-likeness (QED) is 0.192. The first kappa shape index (κ1) is 12.5. The van der Waals surface area contributed by atoms with Crippen LogP contribution in [0.3, 0.4) is 0 Å². The first-order valence-electron chi connectivity index (χ1n) is 5.76. The fourth-order valence-corrected chi connectivity index (χ4v) is 1.46. The molecular formula is C14H14O4. The molecule has 18 heavy (non-hydrogen) atoms. The van der Waals surface area contributed by atoms with Gasteiger partial charge in [-0.1, -0.05) is 36.9 Å². The van der Waals surface area contributed by atoms with Gasteiger partial charge in [-0.15, -0.1) is 0 Å². The molecule has 1 aliphatic heterocycles. The summed E-state index contributed by atoms with van der Waals surface area (Å²) < 4.78 is 9.94. The minimum absolute atomic E-state index is 0.141. The van der Waals surface area contributed by atoms with Gasteiger partial charge < -0.3 is 9.47 Å². The van der Waals surface area contributed by atoms with Gasteiger partial charge in [-0.05, 0) is 0 Å². The lowest BCUT2D eigenvalue weighted by Crippen LogP contribution is -2.16. The summed E-state index contributed by atoms with van der Waals surface area (Å²) in [5.41, 5.74) is 0.294. The van der Waals surface area contributed by atoms with E-state index in [1.807, 2.05) is 0 Å². The summed E-state index contributed by atoms with van der Waals surface area (Å²) in [6, 6.07) is 8.54. The van der Waals surface area contributed by atoms with E-state index >= 15 is 0 Å². The number of epoxide rings is 1. The lowest BCUT2D eigenvalue weighted by Gasteiger charge is -2.05. The molecule has 1 fully saturated rings. The number of rotatable bonds is 6. The average Bonchev–Trinajstić information content (AvgIpc) is 3.22. The SMILES string of the molecule is C=C(C(=O)OCCC1CO1)C(=O)c1ccccc1. The summed E-state index contributed by atoms with van der Waals surface area (Å²) in [6.07, 6.45) is 0.870. The van der Waals surface area contributed by atoms with E-state index in [9.17, 15) is 9.59 Å². The lowest BCUT2D eigenvalue weighted by molar-refractivity contribution is -0.138. The Morgan fingerprint density at radius 2 is 2.00 bits per heavy atom. The molecule has 0 saturated carbocycles. The fraction of sp³-hybridized carbons (Fsp3) is 0.286. The average molecular weight is 246 g/mol. The van der Waals surface area contributed by atoms with Crippen molar-refractivity contribution in [1.29, 1.82) is 0 Å². The predicted molar refractivity (Wildman–Crippen MR) is 65.2 cm³/mol. The van der Waals surface area contributed by atoms with Gasteiger partial charge >= 0.3 is 5.97 Å². The van der Waals surface area contributed by atoms with Gasteiger partial charge in [0.05, 0.1) is 19.3 Å². The maximum Gasteiger partial charge on any atom is 0.341 e. The molecule has 0 aliphatic carbocycles. The third kappa shape index (κ3) is 3.28. The van der Waals surface area contributed by atoms with Crippen LogP contribution in [0.5, 0.6) is 0 Å². The van der Waals surface area contributed by atoms with Crippen LogP contribution < -0.4 is 0 Å². The standard InChI is InChI=1S/C14H14O4/c1-10(13(15)11-5-3-2-4-6-11)14(16)17-8-7-12-9-18-12/h2-6,12H,1,7-9H2. The molecule has 1 saturated heterocycles. The maximum atomic E-state index is 11.9. The van der Waals surface area contributed by atoms with Crippen LogP contribution in [-0.4, -0.2) is 31.1 Å².